The van der Waals surface area contributed by atoms with E-state index < -0.39 is 0 Å². The molecule has 0 radical (unpaired) electrons. The predicted molar refractivity (Wildman–Crippen MR) is 107 cm³/mol. The maximum absolute atomic E-state index is 12.5. The number of hydrogen-bond acceptors (Lipinski definition) is 5. The molecule has 2 aromatic rings. The average molecular weight is 383 g/mol. The Labute approximate surface area is 166 Å². The molecule has 1 aromatic heterocycles. The number of amides is 1. The van der Waals surface area contributed by atoms with Crippen molar-refractivity contribution in [3.05, 3.63) is 42.2 Å². The lowest BCUT2D eigenvalue weighted by molar-refractivity contribution is -0.139. The fourth-order valence-corrected chi connectivity index (χ4v) is 4.79. The van der Waals surface area contributed by atoms with Crippen LogP contribution in [-0.4, -0.2) is 68.6 Å². The van der Waals surface area contributed by atoms with Crippen molar-refractivity contribution in [3.8, 4) is 0 Å². The molecule has 2 aliphatic heterocycles. The number of piperidine rings is 2. The van der Waals surface area contributed by atoms with Gasteiger partial charge in [0.05, 0.1) is 0 Å². The normalized spacial score (nSPS) is 23.4. The number of aromatic nitrogens is 4. The Morgan fingerprint density at radius 1 is 1.04 bits per heavy atom. The van der Waals surface area contributed by atoms with E-state index in [1.165, 1.54) is 18.4 Å². The van der Waals surface area contributed by atoms with E-state index in [0.717, 1.165) is 58.5 Å². The van der Waals surface area contributed by atoms with Gasteiger partial charge in [-0.15, -0.1) is 5.10 Å². The van der Waals surface area contributed by atoms with Crippen molar-refractivity contribution in [3.63, 3.8) is 0 Å². The molecule has 1 aromatic carbocycles. The molecule has 0 N–H and O–H groups in total. The summed E-state index contributed by atoms with van der Waals surface area (Å²) >= 11 is 0. The molecule has 2 fully saturated rings. The van der Waals surface area contributed by atoms with Gasteiger partial charge in [-0.1, -0.05) is 30.3 Å². The van der Waals surface area contributed by atoms with Crippen LogP contribution in [0.25, 0.3) is 0 Å². The molecule has 2 aliphatic rings. The molecule has 1 spiro atoms. The highest BCUT2D eigenvalue weighted by Gasteiger charge is 2.41. The second-order valence-corrected chi connectivity index (χ2v) is 8.36. The van der Waals surface area contributed by atoms with Gasteiger partial charge in [-0.05, 0) is 61.2 Å². The molecule has 4 rings (SSSR count). The zero-order valence-corrected chi connectivity index (χ0v) is 16.5. The first-order chi connectivity index (χ1) is 13.7. The number of rotatable bonds is 7. The van der Waals surface area contributed by atoms with Crippen LogP contribution < -0.4 is 0 Å². The van der Waals surface area contributed by atoms with Gasteiger partial charge in [0.2, 0.25) is 5.91 Å². The summed E-state index contributed by atoms with van der Waals surface area (Å²) in [7, 11) is 0. The minimum atomic E-state index is 0.275. The van der Waals surface area contributed by atoms with E-state index in [9.17, 15) is 4.79 Å². The van der Waals surface area contributed by atoms with Crippen LogP contribution in [0.2, 0.25) is 0 Å². The predicted octanol–water partition coefficient (Wildman–Crippen LogP) is 2.01. The maximum atomic E-state index is 12.5. The largest absolute Gasteiger partial charge is 0.342 e. The van der Waals surface area contributed by atoms with Gasteiger partial charge in [0.1, 0.15) is 6.33 Å². The lowest BCUT2D eigenvalue weighted by Crippen LogP contribution is -2.54. The monoisotopic (exact) mass is 382 g/mol. The van der Waals surface area contributed by atoms with Gasteiger partial charge in [-0.2, -0.15) is 0 Å². The van der Waals surface area contributed by atoms with Gasteiger partial charge < -0.3 is 9.80 Å². The van der Waals surface area contributed by atoms with Crippen LogP contribution in [0.3, 0.4) is 0 Å². The van der Waals surface area contributed by atoms with Gasteiger partial charge in [-0.3, -0.25) is 4.79 Å². The molecular weight excluding hydrogens is 352 g/mol. The highest BCUT2D eigenvalue weighted by molar-refractivity contribution is 5.77. The van der Waals surface area contributed by atoms with Crippen LogP contribution in [-0.2, 0) is 17.8 Å². The number of hydrogen-bond donors (Lipinski definition) is 0. The summed E-state index contributed by atoms with van der Waals surface area (Å²) in [5, 5.41) is 11.3. The summed E-state index contributed by atoms with van der Waals surface area (Å²) in [5.74, 6) is 0.331. The highest BCUT2D eigenvalue weighted by atomic mass is 16.2. The first-order valence-corrected chi connectivity index (χ1v) is 10.5. The van der Waals surface area contributed by atoms with Crippen LogP contribution in [0.15, 0.2) is 36.7 Å². The molecule has 3 heterocycles. The number of nitrogens with zero attached hydrogens (tertiary/aromatic N) is 6. The number of carbonyl (C=O) groups excluding carboxylic acids is 1. The molecule has 150 valence electrons. The lowest BCUT2D eigenvalue weighted by atomic mass is 9.73. The van der Waals surface area contributed by atoms with Crippen molar-refractivity contribution in [2.45, 2.75) is 45.1 Å². The maximum Gasteiger partial charge on any atom is 0.222 e. The average Bonchev–Trinajstić information content (AvgIpc) is 3.24. The number of benzene rings is 1. The van der Waals surface area contributed by atoms with E-state index in [1.54, 1.807) is 11.0 Å². The fraction of sp³-hybridized carbons (Fsp3) is 0.619. The Kier molecular flexibility index (Phi) is 6.00. The number of carbonyl (C=O) groups is 1. The first kappa shape index (κ1) is 19.1. The van der Waals surface area contributed by atoms with Gasteiger partial charge in [-0.25, -0.2) is 4.68 Å². The van der Waals surface area contributed by atoms with Gasteiger partial charge in [0.15, 0.2) is 0 Å². The smallest absolute Gasteiger partial charge is 0.222 e. The molecule has 0 aliphatic carbocycles. The van der Waals surface area contributed by atoms with E-state index >= 15 is 0 Å². The van der Waals surface area contributed by atoms with Crippen LogP contribution in [0, 0.1) is 5.41 Å². The van der Waals surface area contributed by atoms with Crippen molar-refractivity contribution in [1.29, 1.82) is 0 Å². The number of tetrazole rings is 1. The molecule has 7 heteroatoms. The minimum absolute atomic E-state index is 0.275. The van der Waals surface area contributed by atoms with E-state index in [1.807, 2.05) is 6.07 Å². The van der Waals surface area contributed by atoms with E-state index in [-0.39, 0.29) is 5.41 Å². The zero-order valence-electron chi connectivity index (χ0n) is 16.5. The Hall–Kier alpha value is -2.28. The van der Waals surface area contributed by atoms with E-state index in [0.29, 0.717) is 12.3 Å². The molecule has 0 saturated carbocycles. The second kappa shape index (κ2) is 8.82. The van der Waals surface area contributed by atoms with Crippen LogP contribution in [0.4, 0.5) is 0 Å². The number of aryl methyl sites for hydroxylation is 1. The molecule has 7 nitrogen and oxygen atoms in total. The standard InChI is InChI=1S/C21H30N6O/c28-20-8-11-21(17-26(20)15-9-19-6-2-1-3-7-19)10-4-12-25(16-21)13-5-14-27-18-22-23-24-27/h1-3,6-7,18H,4-5,8-17H2/t21-/m1/s1. The third kappa shape index (κ3) is 4.76. The Morgan fingerprint density at radius 2 is 1.93 bits per heavy atom. The van der Waals surface area contributed by atoms with Crippen molar-refractivity contribution in [1.82, 2.24) is 30.0 Å². The van der Waals surface area contributed by atoms with Gasteiger partial charge >= 0.3 is 0 Å². The third-order valence-corrected chi connectivity index (χ3v) is 6.25. The summed E-state index contributed by atoms with van der Waals surface area (Å²) in [5.41, 5.74) is 1.58. The van der Waals surface area contributed by atoms with Crippen LogP contribution >= 0.6 is 0 Å². The van der Waals surface area contributed by atoms with Gasteiger partial charge in [0.25, 0.3) is 0 Å². The highest BCUT2D eigenvalue weighted by Crippen LogP contribution is 2.38. The Balaban J connectivity index is 1.30. The number of likely N-dealkylation sites (tertiary alicyclic amines) is 2. The first-order valence-electron chi connectivity index (χ1n) is 10.5. The summed E-state index contributed by atoms with van der Waals surface area (Å²) in [6, 6.07) is 10.5. The van der Waals surface area contributed by atoms with Crippen molar-refractivity contribution >= 4 is 5.91 Å². The molecule has 1 amide bonds. The summed E-state index contributed by atoms with van der Waals surface area (Å²) in [4.78, 5) is 17.2. The van der Waals surface area contributed by atoms with E-state index in [2.05, 4.69) is 49.6 Å². The van der Waals surface area contributed by atoms with Crippen molar-refractivity contribution in [2.24, 2.45) is 5.41 Å². The quantitative estimate of drug-likeness (QED) is 0.733. The summed E-state index contributed by atoms with van der Waals surface area (Å²) < 4.78 is 1.80. The molecular formula is C21H30N6O. The van der Waals surface area contributed by atoms with Gasteiger partial charge in [0, 0.05) is 38.0 Å². The fourth-order valence-electron chi connectivity index (χ4n) is 4.79. The SMILES string of the molecule is O=C1CC[C@@]2(CCCN(CCCn3cnnn3)C2)CN1CCc1ccccc1. The Morgan fingerprint density at radius 3 is 2.75 bits per heavy atom. The summed E-state index contributed by atoms with van der Waals surface area (Å²) in [6.45, 7) is 5.96. The van der Waals surface area contributed by atoms with Crippen molar-refractivity contribution < 1.29 is 4.79 Å². The molecule has 1 atom stereocenters. The third-order valence-electron chi connectivity index (χ3n) is 6.25. The molecule has 0 unspecified atom stereocenters. The van der Waals surface area contributed by atoms with E-state index in [4.69, 9.17) is 0 Å². The minimum Gasteiger partial charge on any atom is -0.342 e. The van der Waals surface area contributed by atoms with Crippen LogP contribution in [0.5, 0.6) is 0 Å². The lowest BCUT2D eigenvalue weighted by Gasteiger charge is -2.48. The molecule has 28 heavy (non-hydrogen) atoms. The zero-order chi connectivity index (χ0) is 19.2. The second-order valence-electron chi connectivity index (χ2n) is 8.36. The molecule has 0 bridgehead atoms. The van der Waals surface area contributed by atoms with Crippen molar-refractivity contribution in [2.75, 3.05) is 32.7 Å². The molecule has 2 saturated heterocycles. The summed E-state index contributed by atoms with van der Waals surface area (Å²) in [6.07, 6.45) is 7.88. The van der Waals surface area contributed by atoms with Crippen LogP contribution in [0.1, 0.15) is 37.7 Å². The Bertz CT molecular complexity index is 750. The topological polar surface area (TPSA) is 67.2 Å².